The number of ether oxygens (including phenoxy) is 1. The van der Waals surface area contributed by atoms with Gasteiger partial charge >= 0.3 is 0 Å². The number of amides is 1. The van der Waals surface area contributed by atoms with Crippen molar-refractivity contribution in [3.05, 3.63) is 30.0 Å². The lowest BCUT2D eigenvalue weighted by molar-refractivity contribution is -0.139. The van der Waals surface area contributed by atoms with Crippen LogP contribution in [0.5, 0.6) is 0 Å². The van der Waals surface area contributed by atoms with Gasteiger partial charge in [0.1, 0.15) is 5.69 Å². The van der Waals surface area contributed by atoms with Crippen molar-refractivity contribution in [2.45, 2.75) is 49.9 Å². The lowest BCUT2D eigenvalue weighted by atomic mass is 9.79. The molecule has 1 amide bonds. The number of aliphatic hydroxyl groups excluding tert-OH is 1. The van der Waals surface area contributed by atoms with Gasteiger partial charge in [-0.25, -0.2) is 0 Å². The van der Waals surface area contributed by atoms with E-state index in [0.29, 0.717) is 24.2 Å². The van der Waals surface area contributed by atoms with E-state index in [2.05, 4.69) is 5.16 Å². The monoisotopic (exact) mass is 330 g/mol. The van der Waals surface area contributed by atoms with Crippen LogP contribution in [0.15, 0.2) is 28.8 Å². The predicted octanol–water partition coefficient (Wildman–Crippen LogP) is 1.90. The third-order valence-electron chi connectivity index (χ3n) is 5.65. The van der Waals surface area contributed by atoms with Crippen molar-refractivity contribution in [1.82, 2.24) is 10.1 Å². The standard InChI is InChI=1S/C18H22N2O4/c1-23-18-7-6-12(21)10-16(18)20(9-8-18)17(22)11-14-13-4-2-3-5-15(13)24-19-14/h2-5,12,16,21H,6-11H2,1H3/t12-,16+,18-/m1/s1. The third kappa shape index (κ3) is 2.41. The number of nitrogens with zero attached hydrogens (tertiary/aromatic N) is 2. The number of hydrogen-bond donors (Lipinski definition) is 1. The smallest absolute Gasteiger partial charge is 0.229 e. The Morgan fingerprint density at radius 2 is 2.29 bits per heavy atom. The first-order valence-electron chi connectivity index (χ1n) is 8.49. The van der Waals surface area contributed by atoms with E-state index in [9.17, 15) is 9.90 Å². The molecule has 1 saturated heterocycles. The van der Waals surface area contributed by atoms with Crippen LogP contribution in [0, 0.1) is 0 Å². The summed E-state index contributed by atoms with van der Waals surface area (Å²) in [6.45, 7) is 0.667. The van der Waals surface area contributed by atoms with Crippen LogP contribution >= 0.6 is 0 Å². The summed E-state index contributed by atoms with van der Waals surface area (Å²) < 4.78 is 11.1. The molecule has 1 aliphatic carbocycles. The zero-order valence-electron chi connectivity index (χ0n) is 13.8. The van der Waals surface area contributed by atoms with E-state index < -0.39 is 0 Å². The summed E-state index contributed by atoms with van der Waals surface area (Å²) in [6.07, 6.45) is 2.79. The van der Waals surface area contributed by atoms with Gasteiger partial charge in [0, 0.05) is 19.0 Å². The van der Waals surface area contributed by atoms with Crippen LogP contribution in [-0.4, -0.2) is 52.5 Å². The number of para-hydroxylation sites is 1. The molecule has 0 bridgehead atoms. The number of rotatable bonds is 3. The lowest BCUT2D eigenvalue weighted by Gasteiger charge is -2.42. The van der Waals surface area contributed by atoms with Gasteiger partial charge in [0.05, 0.1) is 24.2 Å². The molecule has 2 fully saturated rings. The Kier molecular flexibility index (Phi) is 3.81. The molecule has 0 radical (unpaired) electrons. The molecule has 2 heterocycles. The van der Waals surface area contributed by atoms with Crippen molar-refractivity contribution < 1.29 is 19.2 Å². The fourth-order valence-corrected chi connectivity index (χ4v) is 4.29. The zero-order valence-corrected chi connectivity index (χ0v) is 13.8. The molecule has 128 valence electrons. The van der Waals surface area contributed by atoms with Gasteiger partial charge in [0.25, 0.3) is 0 Å². The Labute approximate surface area is 140 Å². The van der Waals surface area contributed by atoms with E-state index >= 15 is 0 Å². The SMILES string of the molecule is CO[C@@]12CC[C@@H](O)C[C@@H]1N(C(=O)Cc1noc3ccccc13)CC2. The summed E-state index contributed by atoms with van der Waals surface area (Å²) in [5, 5.41) is 15.0. The number of methoxy groups -OCH3 is 1. The number of hydrogen-bond acceptors (Lipinski definition) is 5. The van der Waals surface area contributed by atoms with Gasteiger partial charge < -0.3 is 19.3 Å². The maximum absolute atomic E-state index is 12.9. The first-order valence-corrected chi connectivity index (χ1v) is 8.49. The number of aromatic nitrogens is 1. The summed E-state index contributed by atoms with van der Waals surface area (Å²) in [6, 6.07) is 7.51. The molecule has 2 aliphatic rings. The van der Waals surface area contributed by atoms with Crippen LogP contribution in [0.3, 0.4) is 0 Å². The Morgan fingerprint density at radius 3 is 3.12 bits per heavy atom. The van der Waals surface area contributed by atoms with Crippen molar-refractivity contribution in [2.75, 3.05) is 13.7 Å². The third-order valence-corrected chi connectivity index (χ3v) is 5.65. The molecular formula is C18H22N2O4. The van der Waals surface area contributed by atoms with Gasteiger partial charge in [-0.2, -0.15) is 0 Å². The van der Waals surface area contributed by atoms with Crippen molar-refractivity contribution >= 4 is 16.9 Å². The summed E-state index contributed by atoms with van der Waals surface area (Å²) in [7, 11) is 1.71. The van der Waals surface area contributed by atoms with Gasteiger partial charge in [-0.1, -0.05) is 17.3 Å². The second-order valence-electron chi connectivity index (χ2n) is 6.85. The molecule has 6 nitrogen and oxygen atoms in total. The maximum atomic E-state index is 12.9. The molecule has 1 saturated carbocycles. The van der Waals surface area contributed by atoms with Crippen molar-refractivity contribution in [2.24, 2.45) is 0 Å². The molecule has 1 aliphatic heterocycles. The molecule has 1 N–H and O–H groups in total. The molecule has 4 rings (SSSR count). The number of carbonyl (C=O) groups is 1. The van der Waals surface area contributed by atoms with Crippen LogP contribution in [0.1, 0.15) is 31.4 Å². The van der Waals surface area contributed by atoms with Crippen LogP contribution < -0.4 is 0 Å². The first kappa shape index (κ1) is 15.6. The Morgan fingerprint density at radius 1 is 1.46 bits per heavy atom. The number of likely N-dealkylation sites (tertiary alicyclic amines) is 1. The van der Waals surface area contributed by atoms with Crippen LogP contribution in [0.25, 0.3) is 11.0 Å². The topological polar surface area (TPSA) is 75.8 Å². The Balaban J connectivity index is 1.56. The van der Waals surface area contributed by atoms with Crippen molar-refractivity contribution in [3.63, 3.8) is 0 Å². The second kappa shape index (κ2) is 5.86. The normalized spacial score (nSPS) is 29.8. The van der Waals surface area contributed by atoms with E-state index in [1.54, 1.807) is 7.11 Å². The summed E-state index contributed by atoms with van der Waals surface area (Å²) in [5.41, 5.74) is 1.06. The molecule has 0 spiro atoms. The van der Waals surface area contributed by atoms with Crippen molar-refractivity contribution in [1.29, 1.82) is 0 Å². The quantitative estimate of drug-likeness (QED) is 0.930. The summed E-state index contributed by atoms with van der Waals surface area (Å²) in [5.74, 6) is 0.0204. The minimum Gasteiger partial charge on any atom is -0.393 e. The second-order valence-corrected chi connectivity index (χ2v) is 6.85. The molecular weight excluding hydrogens is 308 g/mol. The summed E-state index contributed by atoms with van der Waals surface area (Å²) >= 11 is 0. The van der Waals surface area contributed by atoms with E-state index in [0.717, 1.165) is 24.6 Å². The van der Waals surface area contributed by atoms with Gasteiger partial charge in [-0.3, -0.25) is 4.79 Å². The van der Waals surface area contributed by atoms with Gasteiger partial charge in [0.2, 0.25) is 5.91 Å². The van der Waals surface area contributed by atoms with E-state index in [1.165, 1.54) is 0 Å². The number of fused-ring (bicyclic) bond motifs is 2. The van der Waals surface area contributed by atoms with E-state index in [4.69, 9.17) is 9.26 Å². The zero-order chi connectivity index (χ0) is 16.7. The Bertz CT molecular complexity index is 758. The molecule has 3 atom stereocenters. The minimum absolute atomic E-state index is 0.0204. The highest BCUT2D eigenvalue weighted by Gasteiger charge is 2.52. The van der Waals surface area contributed by atoms with Crippen LogP contribution in [0.4, 0.5) is 0 Å². The fraction of sp³-hybridized carbons (Fsp3) is 0.556. The highest BCUT2D eigenvalue weighted by molar-refractivity contribution is 5.86. The molecule has 1 aromatic heterocycles. The largest absolute Gasteiger partial charge is 0.393 e. The number of aliphatic hydroxyl groups is 1. The molecule has 6 heteroatoms. The summed E-state index contributed by atoms with van der Waals surface area (Å²) in [4.78, 5) is 14.8. The highest BCUT2D eigenvalue weighted by atomic mass is 16.5. The van der Waals surface area contributed by atoms with E-state index in [1.807, 2.05) is 29.2 Å². The molecule has 0 unspecified atom stereocenters. The van der Waals surface area contributed by atoms with Crippen LogP contribution in [0.2, 0.25) is 0 Å². The molecule has 2 aromatic rings. The highest BCUT2D eigenvalue weighted by Crippen LogP contribution is 2.42. The lowest BCUT2D eigenvalue weighted by Crippen LogP contribution is -2.53. The minimum atomic E-state index is -0.362. The average molecular weight is 330 g/mol. The first-order chi connectivity index (χ1) is 11.6. The Hall–Kier alpha value is -1.92. The van der Waals surface area contributed by atoms with Crippen molar-refractivity contribution in [3.8, 4) is 0 Å². The van der Waals surface area contributed by atoms with Gasteiger partial charge in [-0.05, 0) is 37.8 Å². The van der Waals surface area contributed by atoms with Crippen LogP contribution in [-0.2, 0) is 16.0 Å². The van der Waals surface area contributed by atoms with Gasteiger partial charge in [-0.15, -0.1) is 0 Å². The molecule has 24 heavy (non-hydrogen) atoms. The average Bonchev–Trinajstić information content (AvgIpc) is 3.17. The maximum Gasteiger partial charge on any atom is 0.229 e. The predicted molar refractivity (Wildman–Crippen MR) is 87.4 cm³/mol. The van der Waals surface area contributed by atoms with Gasteiger partial charge in [0.15, 0.2) is 5.58 Å². The number of carbonyl (C=O) groups excluding carboxylic acids is 1. The molecule has 1 aromatic carbocycles. The fourth-order valence-electron chi connectivity index (χ4n) is 4.29. The van der Waals surface area contributed by atoms with E-state index in [-0.39, 0.29) is 30.1 Å². The number of benzene rings is 1.